The fourth-order valence-electron chi connectivity index (χ4n) is 3.38. The molecule has 0 aliphatic heterocycles. The van der Waals surface area contributed by atoms with Crippen molar-refractivity contribution in [1.82, 2.24) is 9.78 Å². The van der Waals surface area contributed by atoms with Crippen LogP contribution in [0.5, 0.6) is 0 Å². The predicted octanol–water partition coefficient (Wildman–Crippen LogP) is 5.98. The molecule has 0 aliphatic carbocycles. The van der Waals surface area contributed by atoms with Crippen LogP contribution in [0, 0.1) is 0 Å². The molecule has 5 aromatic rings. The summed E-state index contributed by atoms with van der Waals surface area (Å²) >= 11 is 7.61. The summed E-state index contributed by atoms with van der Waals surface area (Å²) in [5.41, 5.74) is 2.36. The Kier molecular flexibility index (Phi) is 4.23. The van der Waals surface area contributed by atoms with Crippen molar-refractivity contribution in [3.63, 3.8) is 0 Å². The van der Waals surface area contributed by atoms with Crippen molar-refractivity contribution >= 4 is 43.9 Å². The molecule has 0 unspecified atom stereocenters. The molecule has 0 aliphatic rings. The second kappa shape index (κ2) is 6.89. The first-order valence-corrected chi connectivity index (χ1v) is 10.1. The minimum Gasteiger partial charge on any atom is -0.287 e. The zero-order chi connectivity index (χ0) is 19.1. The lowest BCUT2D eigenvalue weighted by Gasteiger charge is -2.12. The summed E-state index contributed by atoms with van der Waals surface area (Å²) in [6, 6.07) is 25.5. The predicted molar refractivity (Wildman–Crippen MR) is 117 cm³/mol. The summed E-state index contributed by atoms with van der Waals surface area (Å²) in [6.45, 7) is 0.565. The van der Waals surface area contributed by atoms with Gasteiger partial charge >= 0.3 is 0 Å². The molecule has 0 amide bonds. The van der Waals surface area contributed by atoms with E-state index in [1.807, 2.05) is 71.4 Å². The zero-order valence-electron chi connectivity index (χ0n) is 14.8. The van der Waals surface area contributed by atoms with E-state index in [0.29, 0.717) is 22.6 Å². The van der Waals surface area contributed by atoms with E-state index < -0.39 is 0 Å². The van der Waals surface area contributed by atoms with Crippen molar-refractivity contribution in [3.8, 4) is 10.6 Å². The number of nitrogens with zero attached hydrogens (tertiary/aromatic N) is 2. The van der Waals surface area contributed by atoms with E-state index in [2.05, 4.69) is 12.1 Å². The van der Waals surface area contributed by atoms with Gasteiger partial charge in [-0.2, -0.15) is 5.10 Å². The van der Waals surface area contributed by atoms with Gasteiger partial charge < -0.3 is 0 Å². The molecule has 0 spiro atoms. The van der Waals surface area contributed by atoms with E-state index in [1.54, 1.807) is 11.3 Å². The van der Waals surface area contributed by atoms with Crippen LogP contribution >= 0.6 is 22.9 Å². The van der Waals surface area contributed by atoms with Gasteiger partial charge in [0.15, 0.2) is 0 Å². The number of fused-ring (bicyclic) bond motifs is 2. The van der Waals surface area contributed by atoms with Crippen LogP contribution in [0.3, 0.4) is 0 Å². The van der Waals surface area contributed by atoms with Crippen LogP contribution in [0.25, 0.3) is 31.6 Å². The van der Waals surface area contributed by atoms with Gasteiger partial charge in [-0.1, -0.05) is 54.1 Å². The number of thiophene rings is 1. The van der Waals surface area contributed by atoms with Crippen LogP contribution in [-0.2, 0) is 6.54 Å². The Morgan fingerprint density at radius 1 is 0.929 bits per heavy atom. The van der Waals surface area contributed by atoms with Crippen molar-refractivity contribution in [1.29, 1.82) is 0 Å². The maximum Gasteiger partial charge on any atom is 0.216 e. The lowest BCUT2D eigenvalue weighted by atomic mass is 10.1. The summed E-state index contributed by atoms with van der Waals surface area (Å²) in [5, 5.41) is 7.27. The number of hydrogen-bond acceptors (Lipinski definition) is 3. The largest absolute Gasteiger partial charge is 0.287 e. The van der Waals surface area contributed by atoms with Crippen LogP contribution in [0.1, 0.15) is 5.56 Å². The first kappa shape index (κ1) is 17.2. The first-order chi connectivity index (χ1) is 13.7. The minimum absolute atomic E-state index is 0.0329. The summed E-state index contributed by atoms with van der Waals surface area (Å²) in [5.74, 6) is 0. The van der Waals surface area contributed by atoms with E-state index >= 15 is 0 Å². The number of hydrogen-bond donors (Lipinski definition) is 0. The molecule has 2 aromatic heterocycles. The highest BCUT2D eigenvalue weighted by Crippen LogP contribution is 2.31. The molecule has 0 bridgehead atoms. The highest BCUT2D eigenvalue weighted by molar-refractivity contribution is 7.22. The van der Waals surface area contributed by atoms with E-state index in [4.69, 9.17) is 16.7 Å². The Balaban J connectivity index is 1.72. The molecule has 0 saturated heterocycles. The van der Waals surface area contributed by atoms with Crippen LogP contribution in [0.4, 0.5) is 0 Å². The van der Waals surface area contributed by atoms with E-state index in [9.17, 15) is 4.79 Å². The molecule has 0 fully saturated rings. The molecule has 136 valence electrons. The quantitative estimate of drug-likeness (QED) is 0.372. The van der Waals surface area contributed by atoms with E-state index in [0.717, 1.165) is 26.0 Å². The lowest BCUT2D eigenvalue weighted by molar-refractivity contribution is 0.699. The van der Waals surface area contributed by atoms with Gasteiger partial charge in [0, 0.05) is 15.1 Å². The van der Waals surface area contributed by atoms with Crippen LogP contribution in [-0.4, -0.2) is 9.78 Å². The fraction of sp³-hybridized carbons (Fsp3) is 0.0435. The standard InChI is InChI=1S/C23H15ClN2OS/c24-17-11-9-15(10-12-17)14-26-19-7-3-2-6-18(19)23(27)22(25-26)21-13-16-5-1-4-8-20(16)28-21/h1-13H,14H2. The Hall–Kier alpha value is -2.95. The Morgan fingerprint density at radius 2 is 1.68 bits per heavy atom. The smallest absolute Gasteiger partial charge is 0.216 e. The maximum absolute atomic E-state index is 13.2. The molecule has 0 radical (unpaired) electrons. The third-order valence-electron chi connectivity index (χ3n) is 4.77. The summed E-state index contributed by atoms with van der Waals surface area (Å²) in [7, 11) is 0. The van der Waals surface area contributed by atoms with Crippen molar-refractivity contribution in [3.05, 3.63) is 99.7 Å². The van der Waals surface area contributed by atoms with Gasteiger partial charge in [0.05, 0.1) is 16.9 Å². The summed E-state index contributed by atoms with van der Waals surface area (Å²) in [6.07, 6.45) is 0. The second-order valence-electron chi connectivity index (χ2n) is 6.63. The summed E-state index contributed by atoms with van der Waals surface area (Å²) < 4.78 is 3.05. The van der Waals surface area contributed by atoms with Crippen LogP contribution < -0.4 is 5.43 Å². The number of para-hydroxylation sites is 1. The van der Waals surface area contributed by atoms with Gasteiger partial charge in [0.1, 0.15) is 5.69 Å². The number of aromatic nitrogens is 2. The first-order valence-electron chi connectivity index (χ1n) is 8.92. The molecule has 5 heteroatoms. The van der Waals surface area contributed by atoms with Crippen molar-refractivity contribution in [2.75, 3.05) is 0 Å². The van der Waals surface area contributed by atoms with Gasteiger partial charge in [0.2, 0.25) is 5.43 Å². The second-order valence-corrected chi connectivity index (χ2v) is 8.15. The van der Waals surface area contributed by atoms with Crippen molar-refractivity contribution in [2.24, 2.45) is 0 Å². The van der Waals surface area contributed by atoms with Gasteiger partial charge in [-0.3, -0.25) is 9.48 Å². The van der Waals surface area contributed by atoms with Gasteiger partial charge in [-0.15, -0.1) is 11.3 Å². The molecule has 0 N–H and O–H groups in total. The Bertz CT molecular complexity index is 1340. The fourth-order valence-corrected chi connectivity index (χ4v) is 4.55. The molecule has 3 nitrogen and oxygen atoms in total. The lowest BCUT2D eigenvalue weighted by Crippen LogP contribution is -2.16. The van der Waals surface area contributed by atoms with Gasteiger partial charge in [-0.25, -0.2) is 0 Å². The average Bonchev–Trinajstić information content (AvgIpc) is 3.16. The molecule has 2 heterocycles. The van der Waals surface area contributed by atoms with E-state index in [1.165, 1.54) is 0 Å². The Morgan fingerprint density at radius 3 is 2.50 bits per heavy atom. The van der Waals surface area contributed by atoms with Gasteiger partial charge in [0.25, 0.3) is 0 Å². The highest BCUT2D eigenvalue weighted by atomic mass is 35.5. The summed E-state index contributed by atoms with van der Waals surface area (Å²) in [4.78, 5) is 14.1. The molecule has 0 saturated carbocycles. The topological polar surface area (TPSA) is 34.9 Å². The number of rotatable bonds is 3. The monoisotopic (exact) mass is 402 g/mol. The van der Waals surface area contributed by atoms with Crippen LogP contribution in [0.15, 0.2) is 83.7 Å². The number of benzene rings is 3. The molecule has 0 atom stereocenters. The average molecular weight is 403 g/mol. The normalized spacial score (nSPS) is 11.3. The minimum atomic E-state index is -0.0329. The van der Waals surface area contributed by atoms with E-state index in [-0.39, 0.29) is 5.43 Å². The molecular formula is C23H15ClN2OS. The maximum atomic E-state index is 13.2. The van der Waals surface area contributed by atoms with Crippen LogP contribution in [0.2, 0.25) is 5.02 Å². The SMILES string of the molecule is O=c1c(-c2cc3ccccc3s2)nn(Cc2ccc(Cl)cc2)c2ccccc12. The highest BCUT2D eigenvalue weighted by Gasteiger charge is 2.15. The van der Waals surface area contributed by atoms with Crippen molar-refractivity contribution in [2.45, 2.75) is 6.54 Å². The third kappa shape index (κ3) is 3.01. The zero-order valence-corrected chi connectivity index (χ0v) is 16.4. The van der Waals surface area contributed by atoms with Gasteiger partial charge in [-0.05, 0) is 47.3 Å². The van der Waals surface area contributed by atoms with Crippen molar-refractivity contribution < 1.29 is 0 Å². The molecular weight excluding hydrogens is 388 g/mol. The molecule has 3 aromatic carbocycles. The molecule has 28 heavy (non-hydrogen) atoms. The molecule has 5 rings (SSSR count). The third-order valence-corrected chi connectivity index (χ3v) is 6.14. The Labute approximate surface area is 170 Å². The number of halogens is 1.